The number of benzene rings is 2. The van der Waals surface area contributed by atoms with Gasteiger partial charge in [0.1, 0.15) is 18.2 Å². The average molecular weight is 454 g/mol. The lowest BCUT2D eigenvalue weighted by atomic mass is 9.96. The van der Waals surface area contributed by atoms with Crippen molar-refractivity contribution in [2.75, 3.05) is 6.54 Å². The number of amides is 3. The van der Waals surface area contributed by atoms with E-state index in [9.17, 15) is 14.4 Å². The maximum absolute atomic E-state index is 13.4. The minimum atomic E-state index is -0.872. The van der Waals surface area contributed by atoms with Crippen LogP contribution in [0.1, 0.15) is 58.7 Å². The van der Waals surface area contributed by atoms with E-state index in [0.29, 0.717) is 12.1 Å². The van der Waals surface area contributed by atoms with Crippen LogP contribution in [0.2, 0.25) is 0 Å². The Morgan fingerprint density at radius 2 is 1.39 bits per heavy atom. The summed E-state index contributed by atoms with van der Waals surface area (Å²) < 4.78 is 5.23. The SMILES string of the molecule is CC(C)(C)OC(=O)NCC(=O)N(C(C(=O)NCc1ccccc1)c1ccccc1)C(C)(C)C. The lowest BCUT2D eigenvalue weighted by Crippen LogP contribution is -2.55. The Morgan fingerprint density at radius 3 is 1.91 bits per heavy atom. The van der Waals surface area contributed by atoms with Crippen LogP contribution in [0.15, 0.2) is 60.7 Å². The third-order valence-electron chi connectivity index (χ3n) is 4.71. The molecule has 2 rings (SSSR count). The van der Waals surface area contributed by atoms with Crippen molar-refractivity contribution < 1.29 is 19.1 Å². The summed E-state index contributed by atoms with van der Waals surface area (Å²) >= 11 is 0. The number of ether oxygens (including phenoxy) is 1. The van der Waals surface area contributed by atoms with Crippen LogP contribution in [0.25, 0.3) is 0 Å². The summed E-state index contributed by atoms with van der Waals surface area (Å²) in [6.07, 6.45) is -0.686. The summed E-state index contributed by atoms with van der Waals surface area (Å²) in [5, 5.41) is 5.47. The van der Waals surface area contributed by atoms with Crippen molar-refractivity contribution in [3.05, 3.63) is 71.8 Å². The number of hydrogen-bond donors (Lipinski definition) is 2. The van der Waals surface area contributed by atoms with Crippen LogP contribution in [0.5, 0.6) is 0 Å². The molecule has 7 nitrogen and oxygen atoms in total. The molecule has 1 unspecified atom stereocenters. The van der Waals surface area contributed by atoms with Crippen molar-refractivity contribution in [3.63, 3.8) is 0 Å². The summed E-state index contributed by atoms with van der Waals surface area (Å²) in [7, 11) is 0. The Kier molecular flexibility index (Phi) is 8.63. The van der Waals surface area contributed by atoms with E-state index in [-0.39, 0.29) is 12.5 Å². The van der Waals surface area contributed by atoms with Gasteiger partial charge in [0.05, 0.1) is 0 Å². The van der Waals surface area contributed by atoms with Crippen LogP contribution in [0, 0.1) is 0 Å². The molecular formula is C26H35N3O4. The standard InChI is InChI=1S/C26H35N3O4/c1-25(2,3)29(21(30)18-28-24(32)33-26(4,5)6)22(20-15-11-8-12-16-20)23(31)27-17-19-13-9-7-10-14-19/h7-16,22H,17-18H2,1-6H3,(H,27,31)(H,28,32). The van der Waals surface area contributed by atoms with Crippen molar-refractivity contribution in [2.45, 2.75) is 65.3 Å². The number of nitrogens with zero attached hydrogens (tertiary/aromatic N) is 1. The lowest BCUT2D eigenvalue weighted by molar-refractivity contribution is -0.146. The van der Waals surface area contributed by atoms with Crippen molar-refractivity contribution >= 4 is 17.9 Å². The molecule has 2 N–H and O–H groups in total. The predicted molar refractivity (Wildman–Crippen MR) is 128 cm³/mol. The first-order valence-electron chi connectivity index (χ1n) is 11.0. The van der Waals surface area contributed by atoms with Crippen molar-refractivity contribution in [1.82, 2.24) is 15.5 Å². The molecule has 2 aromatic rings. The molecule has 0 fully saturated rings. The highest BCUT2D eigenvalue weighted by Crippen LogP contribution is 2.29. The van der Waals surface area contributed by atoms with Gasteiger partial charge in [0.25, 0.3) is 0 Å². The summed E-state index contributed by atoms with van der Waals surface area (Å²) in [4.78, 5) is 40.3. The van der Waals surface area contributed by atoms with Crippen LogP contribution < -0.4 is 10.6 Å². The van der Waals surface area contributed by atoms with Gasteiger partial charge in [0.2, 0.25) is 11.8 Å². The van der Waals surface area contributed by atoms with Gasteiger partial charge in [-0.25, -0.2) is 4.79 Å². The second-order valence-electron chi connectivity index (χ2n) is 9.81. The summed E-state index contributed by atoms with van der Waals surface area (Å²) in [5.41, 5.74) is 0.263. The Bertz CT molecular complexity index is 932. The molecule has 0 bridgehead atoms. The smallest absolute Gasteiger partial charge is 0.408 e. The number of carbonyl (C=O) groups excluding carboxylic acids is 3. The number of alkyl carbamates (subject to hydrolysis) is 1. The van der Waals surface area contributed by atoms with E-state index in [1.165, 1.54) is 4.90 Å². The fourth-order valence-electron chi connectivity index (χ4n) is 3.39. The quantitative estimate of drug-likeness (QED) is 0.658. The van der Waals surface area contributed by atoms with Gasteiger partial charge >= 0.3 is 6.09 Å². The van der Waals surface area contributed by atoms with E-state index in [2.05, 4.69) is 10.6 Å². The molecule has 7 heteroatoms. The molecular weight excluding hydrogens is 418 g/mol. The molecule has 33 heavy (non-hydrogen) atoms. The van der Waals surface area contributed by atoms with Gasteiger partial charge in [-0.1, -0.05) is 60.7 Å². The molecule has 0 heterocycles. The van der Waals surface area contributed by atoms with Crippen LogP contribution in [0.4, 0.5) is 4.79 Å². The first-order chi connectivity index (χ1) is 15.4. The average Bonchev–Trinajstić information content (AvgIpc) is 2.73. The molecule has 178 valence electrons. The largest absolute Gasteiger partial charge is 0.444 e. The molecule has 0 radical (unpaired) electrons. The van der Waals surface area contributed by atoms with Gasteiger partial charge in [-0.15, -0.1) is 0 Å². The van der Waals surface area contributed by atoms with E-state index in [1.54, 1.807) is 20.8 Å². The Morgan fingerprint density at radius 1 is 0.848 bits per heavy atom. The van der Waals surface area contributed by atoms with Crippen LogP contribution in [-0.4, -0.2) is 40.5 Å². The zero-order valence-corrected chi connectivity index (χ0v) is 20.3. The van der Waals surface area contributed by atoms with E-state index in [4.69, 9.17) is 4.74 Å². The molecule has 0 aliphatic rings. The third-order valence-corrected chi connectivity index (χ3v) is 4.71. The van der Waals surface area contributed by atoms with Gasteiger partial charge in [-0.3, -0.25) is 9.59 Å². The Labute approximate surface area is 196 Å². The fraction of sp³-hybridized carbons (Fsp3) is 0.423. The van der Waals surface area contributed by atoms with Gasteiger partial charge in [-0.2, -0.15) is 0 Å². The summed E-state index contributed by atoms with van der Waals surface area (Å²) in [5.74, 6) is -0.692. The molecule has 0 aliphatic carbocycles. The maximum Gasteiger partial charge on any atom is 0.408 e. The first-order valence-corrected chi connectivity index (χ1v) is 11.0. The highest BCUT2D eigenvalue weighted by molar-refractivity contribution is 5.91. The predicted octanol–water partition coefficient (Wildman–Crippen LogP) is 4.20. The number of hydrogen-bond acceptors (Lipinski definition) is 4. The van der Waals surface area contributed by atoms with Crippen molar-refractivity contribution in [2.24, 2.45) is 0 Å². The van der Waals surface area contributed by atoms with Crippen LogP contribution >= 0.6 is 0 Å². The van der Waals surface area contributed by atoms with E-state index in [0.717, 1.165) is 5.56 Å². The molecule has 2 aromatic carbocycles. The van der Waals surface area contributed by atoms with Gasteiger partial charge in [-0.05, 0) is 52.7 Å². The molecule has 0 saturated carbocycles. The Hall–Kier alpha value is -3.35. The zero-order valence-electron chi connectivity index (χ0n) is 20.3. The highest BCUT2D eigenvalue weighted by atomic mass is 16.6. The second kappa shape index (κ2) is 11.0. The first kappa shape index (κ1) is 25.9. The normalized spacial score (nSPS) is 12.4. The maximum atomic E-state index is 13.4. The topological polar surface area (TPSA) is 87.7 Å². The third kappa shape index (κ3) is 8.25. The van der Waals surface area contributed by atoms with Crippen LogP contribution in [-0.2, 0) is 20.9 Å². The number of carbonyl (C=O) groups is 3. The molecule has 0 aromatic heterocycles. The molecule has 0 saturated heterocycles. The lowest BCUT2D eigenvalue weighted by Gasteiger charge is -2.41. The van der Waals surface area contributed by atoms with E-state index < -0.39 is 29.2 Å². The summed E-state index contributed by atoms with van der Waals surface area (Å²) in [6, 6.07) is 17.9. The summed E-state index contributed by atoms with van der Waals surface area (Å²) in [6.45, 7) is 10.9. The Balaban J connectivity index is 2.28. The van der Waals surface area contributed by atoms with E-state index in [1.807, 2.05) is 81.4 Å². The van der Waals surface area contributed by atoms with Crippen molar-refractivity contribution in [3.8, 4) is 0 Å². The van der Waals surface area contributed by atoms with Crippen LogP contribution in [0.3, 0.4) is 0 Å². The van der Waals surface area contributed by atoms with Gasteiger partial charge in [0.15, 0.2) is 0 Å². The van der Waals surface area contributed by atoms with Crippen molar-refractivity contribution in [1.29, 1.82) is 0 Å². The minimum Gasteiger partial charge on any atom is -0.444 e. The molecule has 1 atom stereocenters. The number of nitrogens with one attached hydrogen (secondary N) is 2. The van der Waals surface area contributed by atoms with Gasteiger partial charge < -0.3 is 20.3 Å². The highest BCUT2D eigenvalue weighted by Gasteiger charge is 2.38. The minimum absolute atomic E-state index is 0.290. The monoisotopic (exact) mass is 453 g/mol. The van der Waals surface area contributed by atoms with E-state index >= 15 is 0 Å². The molecule has 3 amide bonds. The zero-order chi connectivity index (χ0) is 24.6. The second-order valence-corrected chi connectivity index (χ2v) is 9.81. The molecule has 0 spiro atoms. The fourth-order valence-corrected chi connectivity index (χ4v) is 3.39. The molecule has 0 aliphatic heterocycles. The number of rotatable bonds is 7. The van der Waals surface area contributed by atoms with Gasteiger partial charge in [0, 0.05) is 12.1 Å².